The van der Waals surface area contributed by atoms with Gasteiger partial charge in [0.2, 0.25) is 12.8 Å². The largest absolute Gasteiger partial charge is 0.479 e. The van der Waals surface area contributed by atoms with E-state index in [0.29, 0.717) is 35.6 Å². The predicted octanol–water partition coefficient (Wildman–Crippen LogP) is 9.56. The van der Waals surface area contributed by atoms with E-state index in [1.54, 1.807) is 44.2 Å². The molecule has 6 aromatic carbocycles. The highest BCUT2D eigenvalue weighted by atomic mass is 79.9. The Morgan fingerprint density at radius 2 is 0.896 bits per heavy atom. The van der Waals surface area contributed by atoms with E-state index < -0.39 is 34.8 Å². The van der Waals surface area contributed by atoms with Crippen molar-refractivity contribution < 1.29 is 33.1 Å². The Bertz CT molecular complexity index is 2470. The molecule has 2 atom stereocenters. The molecule has 0 unspecified atom stereocenters. The van der Waals surface area contributed by atoms with Crippen LogP contribution in [0, 0.1) is 0 Å². The molecule has 0 bridgehead atoms. The van der Waals surface area contributed by atoms with Crippen LogP contribution in [0.3, 0.4) is 0 Å². The summed E-state index contributed by atoms with van der Waals surface area (Å²) in [6, 6.07) is 51.0. The molecule has 0 fully saturated rings. The lowest BCUT2D eigenvalue weighted by Gasteiger charge is -2.44. The first-order valence-electron chi connectivity index (χ1n) is 21.6. The van der Waals surface area contributed by atoms with Crippen LogP contribution >= 0.6 is 31.9 Å². The number of benzene rings is 6. The van der Waals surface area contributed by atoms with E-state index in [9.17, 15) is 24.3 Å². The summed E-state index contributed by atoms with van der Waals surface area (Å²) in [5, 5.41) is 21.4. The van der Waals surface area contributed by atoms with Crippen molar-refractivity contribution in [2.45, 2.75) is 77.7 Å². The van der Waals surface area contributed by atoms with Crippen LogP contribution in [-0.2, 0) is 28.0 Å². The Morgan fingerprint density at radius 1 is 0.552 bits per heavy atom. The standard InChI is InChI=1S/C26H29BrN2O3Si.C19H24O3Si.C7H7BrN2O/c1-19(25(31)29-24-17-20(27)15-16-23(24)28-18-30)32-33(26(2,3)4,21-11-7-5-8-12-21)22-13-9-6-10-14-22;1-15(18(20)21)22-23(19(2,3)4,16-11-7-5-8-12-16)17-13-9-6-10-14-17;8-5-1-2-7(10-4-11)6(9)3-5/h5-19H,1-4H3,(H,28,30)(H,29,31);5-15H,1-4H3,(H,20,21);1-4H,9H2,(H,10,11)/t19-;15-;/m11./s1. The topological polar surface area (TPSA) is 169 Å². The van der Waals surface area contributed by atoms with Gasteiger partial charge in [0, 0.05) is 8.95 Å². The van der Waals surface area contributed by atoms with E-state index in [1.165, 1.54) is 0 Å². The highest BCUT2D eigenvalue weighted by Gasteiger charge is 2.53. The van der Waals surface area contributed by atoms with E-state index in [2.05, 4.69) is 138 Å². The van der Waals surface area contributed by atoms with Gasteiger partial charge in [-0.15, -0.1) is 0 Å². The molecule has 67 heavy (non-hydrogen) atoms. The van der Waals surface area contributed by atoms with Crippen molar-refractivity contribution in [2.75, 3.05) is 21.7 Å². The molecule has 0 aliphatic carbocycles. The zero-order chi connectivity index (χ0) is 49.4. The molecule has 352 valence electrons. The van der Waals surface area contributed by atoms with Gasteiger partial charge in [-0.25, -0.2) is 4.79 Å². The van der Waals surface area contributed by atoms with Crippen LogP contribution in [0.15, 0.2) is 167 Å². The summed E-state index contributed by atoms with van der Waals surface area (Å²) >= 11 is 6.67. The second kappa shape index (κ2) is 24.4. The van der Waals surface area contributed by atoms with Crippen LogP contribution in [-0.4, -0.2) is 58.6 Å². The van der Waals surface area contributed by atoms with E-state index in [0.717, 1.165) is 29.7 Å². The molecule has 6 rings (SSSR count). The number of nitrogens with one attached hydrogen (secondary N) is 3. The van der Waals surface area contributed by atoms with Gasteiger partial charge in [0.15, 0.2) is 0 Å². The average Bonchev–Trinajstić information content (AvgIpc) is 3.30. The third-order valence-corrected chi connectivity index (χ3v) is 22.2. The molecule has 0 radical (unpaired) electrons. The maximum absolute atomic E-state index is 13.3. The fraction of sp³-hybridized carbons (Fsp3) is 0.231. The molecule has 0 heterocycles. The Balaban J connectivity index is 0.000000248. The summed E-state index contributed by atoms with van der Waals surface area (Å²) in [7, 11) is -5.63. The third-order valence-electron chi connectivity index (χ3n) is 10.9. The highest BCUT2D eigenvalue weighted by Crippen LogP contribution is 2.39. The summed E-state index contributed by atoms with van der Waals surface area (Å²) < 4.78 is 14.9. The molecule has 0 aliphatic rings. The molecule has 0 spiro atoms. The first kappa shape index (κ1) is 53.9. The summed E-state index contributed by atoms with van der Waals surface area (Å²) in [4.78, 5) is 45.8. The number of nitrogen functional groups attached to an aromatic ring is 1. The van der Waals surface area contributed by atoms with Crippen molar-refractivity contribution in [2.24, 2.45) is 0 Å². The molecule has 6 aromatic rings. The second-order valence-corrected chi connectivity index (χ2v) is 28.0. The summed E-state index contributed by atoms with van der Waals surface area (Å²) in [6.45, 7) is 16.3. The minimum atomic E-state index is -2.87. The van der Waals surface area contributed by atoms with Gasteiger partial charge in [0.05, 0.1) is 22.7 Å². The molecule has 3 amide bonds. The minimum absolute atomic E-state index is 0.209. The van der Waals surface area contributed by atoms with E-state index >= 15 is 0 Å². The number of rotatable bonds is 15. The SMILES string of the molecule is C[C@@H](O[Si](c1ccccc1)(c1ccccc1)C(C)(C)C)C(=O)Nc1cc(Br)ccc1NC=O.C[C@@H](O[Si](c1ccccc1)(c1ccccc1)C(C)(C)C)C(=O)O.Nc1cc(Br)ccc1NC=O. The summed E-state index contributed by atoms with van der Waals surface area (Å²) in [5.41, 5.74) is 7.74. The number of carbonyl (C=O) groups excluding carboxylic acids is 3. The normalized spacial score (nSPS) is 12.4. The molecule has 0 aromatic heterocycles. The van der Waals surface area contributed by atoms with E-state index in [-0.39, 0.29) is 16.0 Å². The Hall–Kier alpha value is -5.69. The lowest BCUT2D eigenvalue weighted by Crippen LogP contribution is -2.68. The average molecular weight is 1070 g/mol. The van der Waals surface area contributed by atoms with Crippen LogP contribution < -0.4 is 42.4 Å². The maximum atomic E-state index is 13.3. The lowest BCUT2D eigenvalue weighted by atomic mass is 10.2. The van der Waals surface area contributed by atoms with Crippen LogP contribution in [0.1, 0.15) is 55.4 Å². The highest BCUT2D eigenvalue weighted by molar-refractivity contribution is 9.10. The summed E-state index contributed by atoms with van der Waals surface area (Å²) in [5.74, 6) is -1.21. The van der Waals surface area contributed by atoms with E-state index in [4.69, 9.17) is 14.6 Å². The fourth-order valence-corrected chi connectivity index (χ4v) is 17.8. The van der Waals surface area contributed by atoms with Gasteiger partial charge in [-0.05, 0) is 81.1 Å². The van der Waals surface area contributed by atoms with Crippen molar-refractivity contribution in [3.8, 4) is 0 Å². The second-order valence-electron chi connectivity index (χ2n) is 17.6. The zero-order valence-corrected chi connectivity index (χ0v) is 44.2. The van der Waals surface area contributed by atoms with Gasteiger partial charge in [0.25, 0.3) is 22.5 Å². The third kappa shape index (κ3) is 13.7. The van der Waals surface area contributed by atoms with Crippen molar-refractivity contribution in [1.29, 1.82) is 0 Å². The number of anilines is 4. The lowest BCUT2D eigenvalue weighted by molar-refractivity contribution is -0.144. The van der Waals surface area contributed by atoms with E-state index in [1.807, 2.05) is 78.9 Å². The first-order valence-corrected chi connectivity index (χ1v) is 27.0. The Morgan fingerprint density at radius 3 is 1.24 bits per heavy atom. The molecule has 6 N–H and O–H groups in total. The Labute approximate surface area is 413 Å². The quantitative estimate of drug-likeness (QED) is 0.0385. The zero-order valence-electron chi connectivity index (χ0n) is 39.1. The monoisotopic (exact) mass is 1070 g/mol. The molecular weight excluding hydrogens is 1010 g/mol. The fourth-order valence-electron chi connectivity index (χ4n) is 7.79. The number of carboxylic acid groups (broad SMARTS) is 1. The molecule has 0 saturated heterocycles. The first-order chi connectivity index (χ1) is 31.7. The van der Waals surface area contributed by atoms with Gasteiger partial charge >= 0.3 is 5.97 Å². The van der Waals surface area contributed by atoms with Crippen molar-refractivity contribution in [3.05, 3.63) is 167 Å². The van der Waals surface area contributed by atoms with Crippen LogP contribution in [0.5, 0.6) is 0 Å². The number of aliphatic carboxylic acids is 1. The van der Waals surface area contributed by atoms with Crippen molar-refractivity contribution >= 4 is 117 Å². The van der Waals surface area contributed by atoms with Crippen LogP contribution in [0.4, 0.5) is 22.7 Å². The van der Waals surface area contributed by atoms with Crippen molar-refractivity contribution in [1.82, 2.24) is 0 Å². The molecule has 0 saturated carbocycles. The number of carboxylic acids is 1. The van der Waals surface area contributed by atoms with Crippen LogP contribution in [0.2, 0.25) is 10.1 Å². The van der Waals surface area contributed by atoms with Gasteiger partial charge in [-0.2, -0.15) is 0 Å². The number of hydrogen-bond donors (Lipinski definition) is 5. The molecule has 15 heteroatoms. The number of halogens is 2. The number of carbonyl (C=O) groups is 4. The molecule has 0 aliphatic heterocycles. The maximum Gasteiger partial charge on any atom is 0.331 e. The Kier molecular flexibility index (Phi) is 19.6. The van der Waals surface area contributed by atoms with Gasteiger partial charge in [-0.1, -0.05) is 195 Å². The summed E-state index contributed by atoms with van der Waals surface area (Å²) in [6.07, 6.45) is -0.415. The van der Waals surface area contributed by atoms with Crippen molar-refractivity contribution in [3.63, 3.8) is 0 Å². The smallest absolute Gasteiger partial charge is 0.331 e. The number of nitrogens with two attached hydrogens (primary N) is 1. The number of hydrogen-bond acceptors (Lipinski definition) is 7. The molecular formula is C52H60Br2N4O7Si2. The van der Waals surface area contributed by atoms with Gasteiger partial charge < -0.3 is 35.6 Å². The predicted molar refractivity (Wildman–Crippen MR) is 285 cm³/mol. The van der Waals surface area contributed by atoms with Crippen LogP contribution in [0.25, 0.3) is 0 Å². The van der Waals surface area contributed by atoms with Gasteiger partial charge in [-0.3, -0.25) is 14.4 Å². The minimum Gasteiger partial charge on any atom is -0.479 e. The number of amides is 3. The molecule has 11 nitrogen and oxygen atoms in total. The van der Waals surface area contributed by atoms with Gasteiger partial charge in [0.1, 0.15) is 12.2 Å².